The molecule has 5 rings (SSSR count). The summed E-state index contributed by atoms with van der Waals surface area (Å²) in [6, 6.07) is 18.8. The second-order valence-electron chi connectivity index (χ2n) is 8.47. The minimum absolute atomic E-state index is 0.265. The van der Waals surface area contributed by atoms with Crippen LogP contribution in [0.2, 0.25) is 5.02 Å². The number of fused-ring (bicyclic) bond motifs is 3. The lowest BCUT2D eigenvalue weighted by Gasteiger charge is -2.13. The van der Waals surface area contributed by atoms with Gasteiger partial charge in [0.15, 0.2) is 0 Å². The highest BCUT2D eigenvalue weighted by molar-refractivity contribution is 6.31. The number of aliphatic imine (C=N–C) groups is 1. The van der Waals surface area contributed by atoms with E-state index in [4.69, 9.17) is 27.3 Å². The SMILES string of the molecule is C/C(N)=C\NC(=O)c1ccc(Nc2ncc3c(n2)-c2ccc(Cl)cc2C(c2ccccc2F)=NC3)cc1. The molecule has 0 atom stereocenters. The van der Waals surface area contributed by atoms with Crippen molar-refractivity contribution in [2.45, 2.75) is 13.5 Å². The smallest absolute Gasteiger partial charge is 0.255 e. The molecule has 1 amide bonds. The van der Waals surface area contributed by atoms with Gasteiger partial charge in [0.25, 0.3) is 5.91 Å². The van der Waals surface area contributed by atoms with E-state index in [0.29, 0.717) is 50.5 Å². The summed E-state index contributed by atoms with van der Waals surface area (Å²) in [4.78, 5) is 26.1. The number of allylic oxidation sites excluding steroid dienone is 1. The highest BCUT2D eigenvalue weighted by Gasteiger charge is 2.23. The molecule has 0 unspecified atom stereocenters. The van der Waals surface area contributed by atoms with Crippen LogP contribution < -0.4 is 16.4 Å². The number of nitrogens with two attached hydrogens (primary N) is 1. The molecule has 0 saturated heterocycles. The van der Waals surface area contributed by atoms with Gasteiger partial charge < -0.3 is 16.4 Å². The number of hydrogen-bond acceptors (Lipinski definition) is 6. The lowest BCUT2D eigenvalue weighted by molar-refractivity contribution is 0.0969. The number of hydrogen-bond donors (Lipinski definition) is 3. The number of rotatable bonds is 5. The third kappa shape index (κ3) is 5.19. The molecule has 0 fully saturated rings. The molecule has 0 spiro atoms. The Morgan fingerprint density at radius 2 is 1.84 bits per heavy atom. The molecule has 0 saturated carbocycles. The summed E-state index contributed by atoms with van der Waals surface area (Å²) in [5, 5.41) is 6.31. The van der Waals surface area contributed by atoms with Crippen molar-refractivity contribution in [3.8, 4) is 11.3 Å². The molecule has 9 heteroatoms. The molecule has 184 valence electrons. The van der Waals surface area contributed by atoms with Crippen LogP contribution in [0.3, 0.4) is 0 Å². The van der Waals surface area contributed by atoms with Gasteiger partial charge in [-0.1, -0.05) is 29.8 Å². The van der Waals surface area contributed by atoms with Gasteiger partial charge in [-0.05, 0) is 55.5 Å². The molecule has 0 aliphatic carbocycles. The Bertz CT molecular complexity index is 1560. The first-order valence-electron chi connectivity index (χ1n) is 11.4. The Hall–Kier alpha value is -4.56. The zero-order valence-electron chi connectivity index (χ0n) is 19.8. The minimum atomic E-state index is -0.363. The zero-order valence-corrected chi connectivity index (χ0v) is 20.6. The fourth-order valence-corrected chi connectivity index (χ4v) is 4.14. The number of aromatic nitrogens is 2. The monoisotopic (exact) mass is 512 g/mol. The van der Waals surface area contributed by atoms with Crippen LogP contribution in [0.4, 0.5) is 16.0 Å². The molecule has 37 heavy (non-hydrogen) atoms. The minimum Gasteiger partial charge on any atom is -0.401 e. The standard InChI is InChI=1S/C28H22ClFN6O/c1-16(31)13-33-27(37)17-6-9-20(10-7-17)35-28-34-15-18-14-32-26(22-4-2-3-5-24(22)30)23-12-19(29)8-11-21(23)25(18)36-28/h2-13,15H,14,31H2,1H3,(H,33,37)(H,34,35,36)/b16-13+. The summed E-state index contributed by atoms with van der Waals surface area (Å²) in [6.07, 6.45) is 3.16. The number of anilines is 2. The fourth-order valence-electron chi connectivity index (χ4n) is 3.96. The third-order valence-electron chi connectivity index (χ3n) is 5.73. The van der Waals surface area contributed by atoms with E-state index in [0.717, 1.165) is 11.1 Å². The average molecular weight is 513 g/mol. The number of carbonyl (C=O) groups is 1. The van der Waals surface area contributed by atoms with Gasteiger partial charge in [0.1, 0.15) is 5.82 Å². The predicted molar refractivity (Wildman–Crippen MR) is 143 cm³/mol. The molecule has 4 N–H and O–H groups in total. The Labute approximate surface area is 218 Å². The van der Waals surface area contributed by atoms with Gasteiger partial charge in [-0.25, -0.2) is 14.4 Å². The van der Waals surface area contributed by atoms with Crippen molar-refractivity contribution in [2.24, 2.45) is 10.7 Å². The van der Waals surface area contributed by atoms with Crippen molar-refractivity contribution in [3.05, 3.63) is 118 Å². The topological polar surface area (TPSA) is 105 Å². The van der Waals surface area contributed by atoms with Crippen LogP contribution in [0.15, 0.2) is 89.8 Å². The fraction of sp³-hybridized carbons (Fsp3) is 0.0714. The summed E-state index contributed by atoms with van der Waals surface area (Å²) in [5.74, 6) is -0.260. The van der Waals surface area contributed by atoms with Crippen molar-refractivity contribution in [2.75, 3.05) is 5.32 Å². The molecular formula is C28H22ClFN6O. The van der Waals surface area contributed by atoms with Gasteiger partial charge >= 0.3 is 0 Å². The van der Waals surface area contributed by atoms with Gasteiger partial charge in [0.05, 0.1) is 18.0 Å². The maximum atomic E-state index is 14.7. The average Bonchev–Trinajstić information content (AvgIpc) is 3.04. The molecule has 7 nitrogen and oxygen atoms in total. The van der Waals surface area contributed by atoms with Gasteiger partial charge in [0.2, 0.25) is 5.95 Å². The third-order valence-corrected chi connectivity index (χ3v) is 5.96. The van der Waals surface area contributed by atoms with E-state index in [2.05, 4.69) is 15.6 Å². The Balaban J connectivity index is 1.46. The lowest BCUT2D eigenvalue weighted by atomic mass is 9.95. The normalized spacial score (nSPS) is 12.6. The molecule has 0 radical (unpaired) electrons. The van der Waals surface area contributed by atoms with E-state index in [1.54, 1.807) is 67.7 Å². The van der Waals surface area contributed by atoms with Crippen LogP contribution in [0.25, 0.3) is 11.3 Å². The highest BCUT2D eigenvalue weighted by Crippen LogP contribution is 2.34. The van der Waals surface area contributed by atoms with Crippen LogP contribution in [0.1, 0.15) is 34.0 Å². The summed E-state index contributed by atoms with van der Waals surface area (Å²) in [5.41, 5.74) is 11.1. The molecule has 1 aromatic heterocycles. The van der Waals surface area contributed by atoms with E-state index < -0.39 is 0 Å². The van der Waals surface area contributed by atoms with Gasteiger partial charge in [0, 0.05) is 56.6 Å². The summed E-state index contributed by atoms with van der Waals surface area (Å²) >= 11 is 6.33. The molecule has 1 aliphatic heterocycles. The second-order valence-corrected chi connectivity index (χ2v) is 8.90. The molecule has 4 aromatic rings. The molecule has 1 aliphatic rings. The van der Waals surface area contributed by atoms with E-state index in [1.165, 1.54) is 12.3 Å². The number of carbonyl (C=O) groups excluding carboxylic acids is 1. The van der Waals surface area contributed by atoms with Crippen LogP contribution in [-0.2, 0) is 6.54 Å². The number of benzene rings is 3. The van der Waals surface area contributed by atoms with Crippen molar-refractivity contribution >= 4 is 34.9 Å². The first-order valence-corrected chi connectivity index (χ1v) is 11.8. The van der Waals surface area contributed by atoms with Crippen molar-refractivity contribution in [1.29, 1.82) is 0 Å². The largest absolute Gasteiger partial charge is 0.401 e. The van der Waals surface area contributed by atoms with Crippen molar-refractivity contribution in [3.63, 3.8) is 0 Å². The maximum absolute atomic E-state index is 14.7. The Morgan fingerprint density at radius 3 is 2.59 bits per heavy atom. The quantitative estimate of drug-likeness (QED) is 0.324. The zero-order chi connectivity index (χ0) is 25.9. The number of nitrogens with one attached hydrogen (secondary N) is 2. The number of halogens is 2. The predicted octanol–water partition coefficient (Wildman–Crippen LogP) is 5.58. The summed E-state index contributed by atoms with van der Waals surface area (Å²) < 4.78 is 14.7. The maximum Gasteiger partial charge on any atom is 0.255 e. The first kappa shape index (κ1) is 24.1. The van der Waals surface area contributed by atoms with Gasteiger partial charge in [-0.3, -0.25) is 9.79 Å². The van der Waals surface area contributed by atoms with Crippen LogP contribution >= 0.6 is 11.6 Å². The molecule has 3 aromatic carbocycles. The van der Waals surface area contributed by atoms with E-state index in [1.807, 2.05) is 6.07 Å². The lowest BCUT2D eigenvalue weighted by Crippen LogP contribution is -2.18. The number of amides is 1. The van der Waals surface area contributed by atoms with Crippen molar-refractivity contribution < 1.29 is 9.18 Å². The van der Waals surface area contributed by atoms with E-state index in [9.17, 15) is 9.18 Å². The van der Waals surface area contributed by atoms with E-state index >= 15 is 0 Å². The van der Waals surface area contributed by atoms with Crippen LogP contribution in [-0.4, -0.2) is 21.6 Å². The van der Waals surface area contributed by atoms with E-state index in [-0.39, 0.29) is 18.3 Å². The van der Waals surface area contributed by atoms with Crippen molar-refractivity contribution in [1.82, 2.24) is 15.3 Å². The highest BCUT2D eigenvalue weighted by atomic mass is 35.5. The molecule has 2 heterocycles. The summed E-state index contributed by atoms with van der Waals surface area (Å²) in [6.45, 7) is 1.97. The van der Waals surface area contributed by atoms with Gasteiger partial charge in [-0.2, -0.15) is 0 Å². The van der Waals surface area contributed by atoms with Crippen LogP contribution in [0.5, 0.6) is 0 Å². The van der Waals surface area contributed by atoms with Crippen LogP contribution in [0, 0.1) is 5.82 Å². The molecular weight excluding hydrogens is 491 g/mol. The molecule has 0 bridgehead atoms. The Morgan fingerprint density at radius 1 is 1.05 bits per heavy atom. The summed E-state index contributed by atoms with van der Waals surface area (Å²) in [7, 11) is 0. The number of nitrogens with zero attached hydrogens (tertiary/aromatic N) is 3. The first-order chi connectivity index (χ1) is 17.9. The Kier molecular flexibility index (Phi) is 6.66. The van der Waals surface area contributed by atoms with Gasteiger partial charge in [-0.15, -0.1) is 0 Å². The second kappa shape index (κ2) is 10.2.